The Morgan fingerprint density at radius 3 is 2.35 bits per heavy atom. The number of hydrogen-bond donors (Lipinski definition) is 1. The summed E-state index contributed by atoms with van der Waals surface area (Å²) in [5.41, 5.74) is 1.86. The van der Waals surface area contributed by atoms with Crippen molar-refractivity contribution in [3.8, 4) is 5.75 Å². The van der Waals surface area contributed by atoms with Gasteiger partial charge >= 0.3 is 12.1 Å². The molecule has 43 heavy (non-hydrogen) atoms. The topological polar surface area (TPSA) is 110 Å². The van der Waals surface area contributed by atoms with E-state index in [1.54, 1.807) is 48.3 Å². The van der Waals surface area contributed by atoms with E-state index >= 15 is 0 Å². The Morgan fingerprint density at radius 1 is 0.977 bits per heavy atom. The molecule has 0 saturated carbocycles. The number of alkyl carbamates (subject to hydrolysis) is 1. The summed E-state index contributed by atoms with van der Waals surface area (Å²) < 4.78 is 12.5. The number of thioether (sulfide) groups is 1. The fourth-order valence-electron chi connectivity index (χ4n) is 5.19. The zero-order chi connectivity index (χ0) is 31.1. The lowest BCUT2D eigenvalue weighted by Crippen LogP contribution is -2.57. The molecule has 3 aromatic rings. The molecular formula is C32H36N4O6S. The summed E-state index contributed by atoms with van der Waals surface area (Å²) in [4.78, 5) is 55.4. The third-order valence-electron chi connectivity index (χ3n) is 7.23. The molecule has 0 saturated heterocycles. The molecule has 0 aliphatic carbocycles. The first-order valence-corrected chi connectivity index (χ1v) is 15.2. The van der Waals surface area contributed by atoms with Crippen LogP contribution in [0.4, 0.5) is 4.79 Å². The third-order valence-corrected chi connectivity index (χ3v) is 8.37. The first-order valence-electron chi connectivity index (χ1n) is 14.2. The van der Waals surface area contributed by atoms with Gasteiger partial charge in [0.05, 0.1) is 6.04 Å². The van der Waals surface area contributed by atoms with E-state index in [-0.39, 0.29) is 24.4 Å². The molecule has 11 heteroatoms. The predicted octanol–water partition coefficient (Wildman–Crippen LogP) is 4.82. The van der Waals surface area contributed by atoms with Gasteiger partial charge in [0.15, 0.2) is 5.69 Å². The highest BCUT2D eigenvalue weighted by molar-refractivity contribution is 7.98. The van der Waals surface area contributed by atoms with Crippen molar-refractivity contribution in [3.05, 3.63) is 93.4 Å². The second-order valence-corrected chi connectivity index (χ2v) is 12.9. The van der Waals surface area contributed by atoms with Gasteiger partial charge in [-0.1, -0.05) is 42.5 Å². The average molecular weight is 605 g/mol. The van der Waals surface area contributed by atoms with Crippen LogP contribution >= 0.6 is 11.8 Å². The summed E-state index contributed by atoms with van der Waals surface area (Å²) in [5.74, 6) is -0.953. The maximum absolute atomic E-state index is 14.0. The van der Waals surface area contributed by atoms with Gasteiger partial charge < -0.3 is 19.7 Å². The number of fused-ring (bicyclic) bond motifs is 3. The van der Waals surface area contributed by atoms with Crippen LogP contribution in [0.15, 0.2) is 70.5 Å². The van der Waals surface area contributed by atoms with Crippen LogP contribution in [-0.2, 0) is 15.3 Å². The van der Waals surface area contributed by atoms with Crippen LogP contribution in [0.1, 0.15) is 74.8 Å². The standard InChI is InChI=1S/C32H36N4O6S/c1-19(2)34-18-36(26-22-12-8-7-11-21(22)17-43-25-14-10-9-13-23(25)26)35-16-15-24(37)28(27(35)29(34)38)41-30(39)20(3)33-31(40)42-32(4,5)6/h7-16,19-20,26H,17-18H2,1-6H3,(H,33,40)/t20-,26?/m0/s1. The van der Waals surface area contributed by atoms with Crippen molar-refractivity contribution >= 4 is 29.7 Å². The Hall–Kier alpha value is -4.25. The zero-order valence-corrected chi connectivity index (χ0v) is 25.9. The summed E-state index contributed by atoms with van der Waals surface area (Å²) >= 11 is 1.75. The Morgan fingerprint density at radius 2 is 1.65 bits per heavy atom. The second-order valence-electron chi connectivity index (χ2n) is 11.9. The van der Waals surface area contributed by atoms with E-state index in [1.165, 1.54) is 13.0 Å². The Labute approximate surface area is 254 Å². The van der Waals surface area contributed by atoms with Crippen molar-refractivity contribution in [2.75, 3.05) is 11.7 Å². The molecule has 2 aromatic carbocycles. The Bertz CT molecular complexity index is 1580. The normalized spacial score (nSPS) is 16.9. The van der Waals surface area contributed by atoms with Crippen molar-refractivity contribution in [3.63, 3.8) is 0 Å². The van der Waals surface area contributed by atoms with E-state index in [4.69, 9.17) is 9.47 Å². The van der Waals surface area contributed by atoms with Gasteiger partial charge in [0, 0.05) is 29.0 Å². The second kappa shape index (κ2) is 11.8. The van der Waals surface area contributed by atoms with Gasteiger partial charge in [-0.3, -0.25) is 19.3 Å². The van der Waals surface area contributed by atoms with Crippen molar-refractivity contribution < 1.29 is 23.9 Å². The number of rotatable bonds is 5. The van der Waals surface area contributed by atoms with Gasteiger partial charge in [-0.05, 0) is 64.3 Å². The van der Waals surface area contributed by atoms with Crippen LogP contribution < -0.4 is 20.5 Å². The number of pyridine rings is 1. The van der Waals surface area contributed by atoms with Crippen LogP contribution in [0, 0.1) is 0 Å². The molecule has 3 heterocycles. The van der Waals surface area contributed by atoms with Crippen molar-refractivity contribution in [1.29, 1.82) is 0 Å². The largest absolute Gasteiger partial charge is 0.444 e. The van der Waals surface area contributed by atoms with E-state index in [0.717, 1.165) is 27.3 Å². The van der Waals surface area contributed by atoms with E-state index in [1.807, 2.05) is 43.1 Å². The summed E-state index contributed by atoms with van der Waals surface area (Å²) in [7, 11) is 0. The average Bonchev–Trinajstić information content (AvgIpc) is 3.10. The number of nitrogens with one attached hydrogen (secondary N) is 1. The summed E-state index contributed by atoms with van der Waals surface area (Å²) in [5, 5.41) is 4.46. The van der Waals surface area contributed by atoms with Gasteiger partial charge in [0.25, 0.3) is 5.91 Å². The molecule has 0 fully saturated rings. The monoisotopic (exact) mass is 604 g/mol. The molecule has 226 valence electrons. The zero-order valence-electron chi connectivity index (χ0n) is 25.1. The number of amides is 2. The maximum Gasteiger partial charge on any atom is 0.408 e. The highest BCUT2D eigenvalue weighted by Crippen LogP contribution is 2.43. The molecule has 2 aliphatic heterocycles. The molecule has 10 nitrogen and oxygen atoms in total. The number of ether oxygens (including phenoxy) is 2. The number of benzene rings is 2. The van der Waals surface area contributed by atoms with Gasteiger partial charge in [-0.25, -0.2) is 9.59 Å². The number of nitrogens with zero attached hydrogens (tertiary/aromatic N) is 3. The Kier molecular flexibility index (Phi) is 8.29. The summed E-state index contributed by atoms with van der Waals surface area (Å²) in [6.07, 6.45) is 0.747. The summed E-state index contributed by atoms with van der Waals surface area (Å²) in [6.45, 7) is 10.6. The number of esters is 1. The molecule has 2 aliphatic rings. The first-order chi connectivity index (χ1) is 20.4. The van der Waals surface area contributed by atoms with Gasteiger partial charge in [0.1, 0.15) is 18.3 Å². The molecule has 1 aromatic heterocycles. The minimum absolute atomic E-state index is 0.0582. The SMILES string of the molecule is CC(C)N1CN(C2c3ccccc3CSc3ccccc32)n2ccc(=O)c(OC(=O)[C@H](C)NC(=O)OC(C)(C)C)c2C1=O. The maximum atomic E-state index is 14.0. The van der Waals surface area contributed by atoms with E-state index in [0.29, 0.717) is 0 Å². The molecule has 1 unspecified atom stereocenters. The number of carbonyl (C=O) groups is 3. The van der Waals surface area contributed by atoms with Gasteiger partial charge in [-0.15, -0.1) is 11.8 Å². The number of hydrogen-bond acceptors (Lipinski definition) is 8. The minimum atomic E-state index is -1.15. The van der Waals surface area contributed by atoms with Crippen LogP contribution in [0.5, 0.6) is 5.75 Å². The molecule has 2 amide bonds. The number of carbonyl (C=O) groups excluding carboxylic acids is 3. The van der Waals surface area contributed by atoms with Gasteiger partial charge in [-0.2, -0.15) is 0 Å². The lowest BCUT2D eigenvalue weighted by Gasteiger charge is -2.45. The fraction of sp³-hybridized carbons (Fsp3) is 0.375. The Balaban J connectivity index is 1.60. The van der Waals surface area contributed by atoms with E-state index in [2.05, 4.69) is 29.6 Å². The quantitative estimate of drug-likeness (QED) is 0.413. The van der Waals surface area contributed by atoms with Gasteiger partial charge in [0.2, 0.25) is 11.2 Å². The molecule has 1 N–H and O–H groups in total. The van der Waals surface area contributed by atoms with Crippen molar-refractivity contribution in [1.82, 2.24) is 14.9 Å². The van der Waals surface area contributed by atoms with Crippen molar-refractivity contribution in [2.45, 2.75) is 75.9 Å². The van der Waals surface area contributed by atoms with Crippen LogP contribution in [-0.4, -0.2) is 51.9 Å². The molecule has 2 atom stereocenters. The molecule has 0 spiro atoms. The summed E-state index contributed by atoms with van der Waals surface area (Å²) in [6, 6.07) is 16.0. The molecule has 5 rings (SSSR count). The van der Waals surface area contributed by atoms with E-state index < -0.39 is 40.8 Å². The minimum Gasteiger partial charge on any atom is -0.444 e. The lowest BCUT2D eigenvalue weighted by molar-refractivity contribution is -0.136. The third kappa shape index (κ3) is 6.13. The molecular weight excluding hydrogens is 568 g/mol. The smallest absolute Gasteiger partial charge is 0.408 e. The van der Waals surface area contributed by atoms with E-state index in [9.17, 15) is 19.2 Å². The molecule has 0 bridgehead atoms. The lowest BCUT2D eigenvalue weighted by atomic mass is 9.94. The predicted molar refractivity (Wildman–Crippen MR) is 164 cm³/mol. The molecule has 0 radical (unpaired) electrons. The first kappa shape index (κ1) is 30.2. The van der Waals surface area contributed by atoms with Crippen molar-refractivity contribution in [2.24, 2.45) is 0 Å². The highest BCUT2D eigenvalue weighted by Gasteiger charge is 2.40. The highest BCUT2D eigenvalue weighted by atomic mass is 32.2. The van der Waals surface area contributed by atoms with Crippen LogP contribution in [0.2, 0.25) is 0 Å². The number of aromatic nitrogens is 1. The van der Waals surface area contributed by atoms with Crippen LogP contribution in [0.25, 0.3) is 0 Å². The van der Waals surface area contributed by atoms with Crippen LogP contribution in [0.3, 0.4) is 0 Å². The fourth-order valence-corrected chi connectivity index (χ4v) is 6.29.